The van der Waals surface area contributed by atoms with E-state index in [1.807, 2.05) is 0 Å². The van der Waals surface area contributed by atoms with Crippen LogP contribution in [0.4, 0.5) is 0 Å². The van der Waals surface area contributed by atoms with Crippen LogP contribution in [0, 0.1) is 22.7 Å². The summed E-state index contributed by atoms with van der Waals surface area (Å²) in [5.41, 5.74) is 1.38. The van der Waals surface area contributed by atoms with Crippen molar-refractivity contribution in [1.82, 2.24) is 4.90 Å². The van der Waals surface area contributed by atoms with Crippen LogP contribution in [-0.4, -0.2) is 24.5 Å². The number of nitrogens with zero attached hydrogens (tertiary/aromatic N) is 2. The molecule has 2 atom stereocenters. The summed E-state index contributed by atoms with van der Waals surface area (Å²) >= 11 is 0. The summed E-state index contributed by atoms with van der Waals surface area (Å²) in [6.45, 7) is 3.89. The molecule has 0 spiro atoms. The van der Waals surface area contributed by atoms with Gasteiger partial charge in [-0.2, -0.15) is 4.91 Å². The number of fused-ring (bicyclic) bond motifs is 1. The second-order valence-electron chi connectivity index (χ2n) is 4.98. The van der Waals surface area contributed by atoms with E-state index in [4.69, 9.17) is 0 Å². The Balaban J connectivity index is 1.53. The minimum absolute atomic E-state index is 0.536. The van der Waals surface area contributed by atoms with E-state index in [1.165, 1.54) is 5.56 Å². The van der Waals surface area contributed by atoms with Gasteiger partial charge in [-0.05, 0) is 23.3 Å². The first-order chi connectivity index (χ1) is 7.88. The predicted molar refractivity (Wildman–Crippen MR) is 62.9 cm³/mol. The van der Waals surface area contributed by atoms with E-state index in [2.05, 4.69) is 40.4 Å². The third kappa shape index (κ3) is 1.76. The molecule has 0 N–H and O–H groups in total. The molecule has 2 aliphatic rings. The van der Waals surface area contributed by atoms with Crippen molar-refractivity contribution in [3.63, 3.8) is 0 Å². The van der Waals surface area contributed by atoms with E-state index < -0.39 is 0 Å². The second kappa shape index (κ2) is 3.98. The van der Waals surface area contributed by atoms with E-state index in [0.29, 0.717) is 12.5 Å². The van der Waals surface area contributed by atoms with Crippen molar-refractivity contribution in [2.45, 2.75) is 6.54 Å². The number of hydrogen-bond acceptors (Lipinski definition) is 3. The smallest absolute Gasteiger partial charge is 0.0845 e. The average molecular weight is 216 g/mol. The van der Waals surface area contributed by atoms with Gasteiger partial charge >= 0.3 is 0 Å². The molecule has 3 heteroatoms. The Labute approximate surface area is 95.4 Å². The van der Waals surface area contributed by atoms with Crippen LogP contribution in [0.15, 0.2) is 35.5 Å². The third-order valence-corrected chi connectivity index (χ3v) is 3.98. The maximum absolute atomic E-state index is 10.2. The van der Waals surface area contributed by atoms with Gasteiger partial charge < -0.3 is 0 Å². The summed E-state index contributed by atoms with van der Waals surface area (Å²) in [7, 11) is 0. The Bertz CT molecular complexity index is 367. The number of rotatable bonds is 4. The second-order valence-corrected chi connectivity index (χ2v) is 4.98. The molecule has 1 aliphatic heterocycles. The lowest BCUT2D eigenvalue weighted by molar-refractivity contribution is 0.279. The van der Waals surface area contributed by atoms with Gasteiger partial charge in [0, 0.05) is 19.6 Å². The van der Waals surface area contributed by atoms with Crippen molar-refractivity contribution in [2.75, 3.05) is 19.6 Å². The van der Waals surface area contributed by atoms with E-state index in [-0.39, 0.29) is 0 Å². The molecule has 1 aromatic carbocycles. The van der Waals surface area contributed by atoms with Gasteiger partial charge in [-0.1, -0.05) is 35.5 Å². The molecule has 3 rings (SSSR count). The molecule has 3 nitrogen and oxygen atoms in total. The van der Waals surface area contributed by atoms with E-state index in [9.17, 15) is 4.91 Å². The first-order valence-corrected chi connectivity index (χ1v) is 5.94. The standard InChI is InChI=1S/C13H16N2O/c16-14-6-11-12-8-15(9-13(11)12)7-10-4-2-1-3-5-10/h1-5,11-13H,6-9H2. The SMILES string of the molecule is O=NCC1C2CN(Cc3ccccc3)CC12. The first-order valence-electron chi connectivity index (χ1n) is 5.94. The van der Waals surface area contributed by atoms with Crippen LogP contribution in [0.1, 0.15) is 5.56 Å². The highest BCUT2D eigenvalue weighted by Crippen LogP contribution is 2.51. The number of likely N-dealkylation sites (tertiary alicyclic amines) is 1. The topological polar surface area (TPSA) is 32.7 Å². The maximum Gasteiger partial charge on any atom is 0.0845 e. The van der Waals surface area contributed by atoms with Gasteiger partial charge in [0.1, 0.15) is 0 Å². The molecule has 2 fully saturated rings. The fourth-order valence-electron chi connectivity index (χ4n) is 3.06. The van der Waals surface area contributed by atoms with Crippen LogP contribution in [0.3, 0.4) is 0 Å². The van der Waals surface area contributed by atoms with Crippen molar-refractivity contribution < 1.29 is 0 Å². The van der Waals surface area contributed by atoms with Crippen LogP contribution in [-0.2, 0) is 6.54 Å². The van der Waals surface area contributed by atoms with Crippen molar-refractivity contribution in [3.05, 3.63) is 40.8 Å². The highest BCUT2D eigenvalue weighted by atomic mass is 16.3. The lowest BCUT2D eigenvalue weighted by Gasteiger charge is -2.18. The average Bonchev–Trinajstić information content (AvgIpc) is 2.76. The summed E-state index contributed by atoms with van der Waals surface area (Å²) in [6.07, 6.45) is 0. The van der Waals surface area contributed by atoms with Gasteiger partial charge in [0.05, 0.1) is 6.54 Å². The first kappa shape index (κ1) is 9.97. The molecule has 0 bridgehead atoms. The molecule has 0 aromatic heterocycles. The molecule has 1 saturated heterocycles. The Hall–Kier alpha value is -1.22. The van der Waals surface area contributed by atoms with Crippen molar-refractivity contribution in [1.29, 1.82) is 0 Å². The van der Waals surface area contributed by atoms with Gasteiger partial charge in [-0.25, -0.2) is 0 Å². The highest BCUT2D eigenvalue weighted by Gasteiger charge is 2.55. The molecule has 1 saturated carbocycles. The van der Waals surface area contributed by atoms with E-state index >= 15 is 0 Å². The van der Waals surface area contributed by atoms with Crippen LogP contribution < -0.4 is 0 Å². The molecular weight excluding hydrogens is 200 g/mol. The Morgan fingerprint density at radius 2 is 1.88 bits per heavy atom. The van der Waals surface area contributed by atoms with Gasteiger partial charge in [-0.3, -0.25) is 4.90 Å². The summed E-state index contributed by atoms with van der Waals surface area (Å²) in [6, 6.07) is 10.6. The van der Waals surface area contributed by atoms with Crippen molar-refractivity contribution in [2.24, 2.45) is 22.9 Å². The Kier molecular flexibility index (Phi) is 2.48. The summed E-state index contributed by atoms with van der Waals surface area (Å²) in [4.78, 5) is 12.7. The number of benzene rings is 1. The lowest BCUT2D eigenvalue weighted by Crippen LogP contribution is -2.24. The summed E-state index contributed by atoms with van der Waals surface area (Å²) < 4.78 is 0. The zero-order valence-corrected chi connectivity index (χ0v) is 9.25. The summed E-state index contributed by atoms with van der Waals surface area (Å²) in [5, 5.41) is 3.02. The van der Waals surface area contributed by atoms with Gasteiger partial charge in [0.15, 0.2) is 0 Å². The van der Waals surface area contributed by atoms with Gasteiger partial charge in [0.2, 0.25) is 0 Å². The third-order valence-electron chi connectivity index (χ3n) is 3.98. The number of hydrogen-bond donors (Lipinski definition) is 0. The van der Waals surface area contributed by atoms with Gasteiger partial charge in [-0.15, -0.1) is 0 Å². The quantitative estimate of drug-likeness (QED) is 0.722. The number of nitroso groups, excluding NO2 is 1. The maximum atomic E-state index is 10.2. The van der Waals surface area contributed by atoms with E-state index in [1.54, 1.807) is 0 Å². The largest absolute Gasteiger partial charge is 0.298 e. The monoisotopic (exact) mass is 216 g/mol. The molecule has 84 valence electrons. The van der Waals surface area contributed by atoms with E-state index in [0.717, 1.165) is 31.5 Å². The Morgan fingerprint density at radius 3 is 2.50 bits per heavy atom. The normalized spacial score (nSPS) is 32.4. The van der Waals surface area contributed by atoms with Crippen molar-refractivity contribution in [3.8, 4) is 0 Å². The summed E-state index contributed by atoms with van der Waals surface area (Å²) in [5.74, 6) is 2.10. The van der Waals surface area contributed by atoms with Gasteiger partial charge in [0.25, 0.3) is 0 Å². The molecule has 0 radical (unpaired) electrons. The Morgan fingerprint density at radius 1 is 1.19 bits per heavy atom. The molecule has 1 aliphatic carbocycles. The fraction of sp³-hybridized carbons (Fsp3) is 0.538. The molecule has 1 heterocycles. The zero-order valence-electron chi connectivity index (χ0n) is 9.25. The highest BCUT2D eigenvalue weighted by molar-refractivity contribution is 5.16. The minimum atomic E-state index is 0.536. The van der Waals surface area contributed by atoms with Crippen LogP contribution in [0.5, 0.6) is 0 Å². The number of piperidine rings is 1. The molecular formula is C13H16N2O. The molecule has 2 unspecified atom stereocenters. The minimum Gasteiger partial charge on any atom is -0.298 e. The zero-order chi connectivity index (χ0) is 11.0. The van der Waals surface area contributed by atoms with Crippen molar-refractivity contribution >= 4 is 0 Å². The molecule has 1 aromatic rings. The van der Waals surface area contributed by atoms with Crippen LogP contribution in [0.2, 0.25) is 0 Å². The predicted octanol–water partition coefficient (Wildman–Crippen LogP) is 2.13. The van der Waals surface area contributed by atoms with Crippen LogP contribution in [0.25, 0.3) is 0 Å². The molecule has 16 heavy (non-hydrogen) atoms. The van der Waals surface area contributed by atoms with Crippen LogP contribution >= 0.6 is 0 Å². The lowest BCUT2D eigenvalue weighted by atomic mass is 10.2. The fourth-order valence-corrected chi connectivity index (χ4v) is 3.06. The molecule has 0 amide bonds.